The van der Waals surface area contributed by atoms with Crippen LogP contribution in [0.5, 0.6) is 0 Å². The summed E-state index contributed by atoms with van der Waals surface area (Å²) in [5, 5.41) is 14.7. The third kappa shape index (κ3) is 13.5. The molecular formula is C31H49N7O12S4. The van der Waals surface area contributed by atoms with E-state index in [2.05, 4.69) is 27.8 Å². The second-order valence-electron chi connectivity index (χ2n) is 13.0. The molecule has 1 amide bonds. The second kappa shape index (κ2) is 20.7. The average molecular weight is 840 g/mol. The number of fused-ring (bicyclic) bond motifs is 1. The Morgan fingerprint density at radius 3 is 2.50 bits per heavy atom. The van der Waals surface area contributed by atoms with Gasteiger partial charge in [0.05, 0.1) is 13.2 Å². The fraction of sp³-hybridized carbons (Fsp3) is 0.645. The van der Waals surface area contributed by atoms with Crippen LogP contribution in [-0.4, -0.2) is 147 Å². The fourth-order valence-corrected chi connectivity index (χ4v) is 10.1. The Balaban J connectivity index is 1.57. The number of sulfonamides is 2. The van der Waals surface area contributed by atoms with Gasteiger partial charge in [0.2, 0.25) is 0 Å². The molecule has 0 saturated carbocycles. The molecule has 1 saturated heterocycles. The summed E-state index contributed by atoms with van der Waals surface area (Å²) in [4.78, 5) is 39.2. The second-order valence-corrected chi connectivity index (χ2v) is 18.2. The number of morpholine rings is 1. The molecule has 2 aliphatic heterocycles. The molecule has 2 atom stereocenters. The molecular weight excluding hydrogens is 791 g/mol. The molecule has 54 heavy (non-hydrogen) atoms. The summed E-state index contributed by atoms with van der Waals surface area (Å²) >= 11 is 4.46. The largest absolute Gasteiger partial charge is 0.471 e. The number of nitrogens with one attached hydrogen (secondary N) is 4. The highest BCUT2D eigenvalue weighted by Crippen LogP contribution is 2.40. The molecule has 1 aromatic heterocycles. The minimum Gasteiger partial charge on any atom is -0.471 e. The van der Waals surface area contributed by atoms with Gasteiger partial charge in [0.1, 0.15) is 21.1 Å². The molecule has 0 aromatic carbocycles. The zero-order valence-electron chi connectivity index (χ0n) is 30.8. The molecule has 3 rings (SSSR count). The number of rotatable bonds is 17. The smallest absolute Gasteiger partial charge is 0.331 e. The van der Waals surface area contributed by atoms with Gasteiger partial charge in [-0.15, -0.1) is 11.3 Å². The Bertz CT molecular complexity index is 1750. The molecule has 3 heterocycles. The molecule has 1 aromatic rings. The van der Waals surface area contributed by atoms with Crippen LogP contribution >= 0.6 is 24.2 Å². The van der Waals surface area contributed by atoms with Gasteiger partial charge in [0.25, 0.3) is 31.9 Å². The normalized spacial score (nSPS) is 18.5. The molecule has 0 bridgehead atoms. The summed E-state index contributed by atoms with van der Waals surface area (Å²) in [5.74, 6) is -3.43. The topological polar surface area (TPSA) is 244 Å². The number of esters is 2. The zero-order valence-corrected chi connectivity index (χ0v) is 34.1. The summed E-state index contributed by atoms with van der Waals surface area (Å²) in [6, 6.07) is 0.723. The number of likely N-dealkylation sites (N-methyl/N-ethyl adjacent to an activating group) is 1. The van der Waals surface area contributed by atoms with Crippen LogP contribution in [0.4, 0.5) is 0 Å². The fourth-order valence-electron chi connectivity index (χ4n) is 5.05. The molecule has 1 fully saturated rings. The van der Waals surface area contributed by atoms with Crippen molar-refractivity contribution in [2.45, 2.75) is 60.2 Å². The van der Waals surface area contributed by atoms with Crippen LogP contribution in [-0.2, 0) is 58.1 Å². The lowest BCUT2D eigenvalue weighted by molar-refractivity contribution is -0.146. The third-order valence-corrected chi connectivity index (χ3v) is 13.2. The summed E-state index contributed by atoms with van der Waals surface area (Å²) in [5.41, 5.74) is -0.0932. The highest BCUT2D eigenvalue weighted by molar-refractivity contribution is 7.94. The van der Waals surface area contributed by atoms with Crippen molar-refractivity contribution in [3.05, 3.63) is 23.8 Å². The van der Waals surface area contributed by atoms with Crippen molar-refractivity contribution in [1.82, 2.24) is 24.6 Å². The van der Waals surface area contributed by atoms with E-state index in [1.54, 1.807) is 9.62 Å². The third-order valence-electron chi connectivity index (χ3n) is 7.62. The Hall–Kier alpha value is -3.16. The summed E-state index contributed by atoms with van der Waals surface area (Å²) < 4.78 is 85.4. The van der Waals surface area contributed by atoms with Gasteiger partial charge in [-0.1, -0.05) is 6.92 Å². The average Bonchev–Trinajstić information content (AvgIpc) is 3.59. The molecule has 0 spiro atoms. The van der Waals surface area contributed by atoms with Crippen LogP contribution in [0.15, 0.2) is 31.0 Å². The lowest BCUT2D eigenvalue weighted by atomic mass is 10.1. The van der Waals surface area contributed by atoms with Gasteiger partial charge in [0.15, 0.2) is 12.4 Å². The number of methoxy groups -OCH3 is 1. The number of carbonyl (C=O) groups excluding carboxylic acids is 3. The monoisotopic (exact) mass is 839 g/mol. The van der Waals surface area contributed by atoms with E-state index in [1.807, 2.05) is 27.7 Å². The van der Waals surface area contributed by atoms with Gasteiger partial charge in [0, 0.05) is 75.7 Å². The number of carbonyl (C=O) groups is 3. The Morgan fingerprint density at radius 2 is 1.87 bits per heavy atom. The highest BCUT2D eigenvalue weighted by atomic mass is 32.3. The summed E-state index contributed by atoms with van der Waals surface area (Å²) in [7, 11) is -7.07. The molecule has 2 aliphatic rings. The van der Waals surface area contributed by atoms with E-state index >= 15 is 0 Å². The predicted octanol–water partition coefficient (Wildman–Crippen LogP) is 0.213. The number of ether oxygens (including phenoxy) is 5. The predicted molar refractivity (Wildman–Crippen MR) is 202 cm³/mol. The number of thiophene rings is 1. The maximum atomic E-state index is 13.3. The number of amidine groups is 1. The van der Waals surface area contributed by atoms with Crippen LogP contribution in [0.3, 0.4) is 0 Å². The quantitative estimate of drug-likeness (QED) is 0.0352. The number of hydrogen-bond donors (Lipinski definition) is 5. The van der Waals surface area contributed by atoms with E-state index in [0.29, 0.717) is 63.3 Å². The first-order valence-electron chi connectivity index (χ1n) is 16.9. The maximum absolute atomic E-state index is 13.3. The standard InChI is InChI=1S/C31H49N7O12S4/c1-6-33-23-18-38(10-7-13-46-5)54(44,45)30-22(23)16-27(52-30)53(42,43)36-24(39)20-48-25(40)8-9-26(41)50-21(17-34-31(2,3)4)19-49-28(32)29(35-51)37-11-14-47-15-12-37/h8-9,16,21,23,32-34,51H,6-7,10-15,17-20H2,1-5H3,(H,36,39)/b9-8+,32-28?,35-29+/t21-,23-/m0/s1. The Kier molecular flexibility index (Phi) is 17.3. The van der Waals surface area contributed by atoms with Crippen molar-refractivity contribution < 1.29 is 54.9 Å². The molecule has 0 radical (unpaired) electrons. The van der Waals surface area contributed by atoms with Crippen molar-refractivity contribution >= 4 is 73.8 Å². The van der Waals surface area contributed by atoms with Crippen molar-refractivity contribution in [2.24, 2.45) is 4.40 Å². The lowest BCUT2D eigenvalue weighted by Crippen LogP contribution is -2.46. The molecule has 19 nitrogen and oxygen atoms in total. The number of nitrogens with zero attached hydrogens (tertiary/aromatic N) is 3. The van der Waals surface area contributed by atoms with Gasteiger partial charge < -0.3 is 39.2 Å². The van der Waals surface area contributed by atoms with Gasteiger partial charge in [-0.25, -0.2) is 31.1 Å². The van der Waals surface area contributed by atoms with Gasteiger partial charge >= 0.3 is 11.9 Å². The first-order chi connectivity index (χ1) is 25.4. The van der Waals surface area contributed by atoms with E-state index < -0.39 is 60.9 Å². The van der Waals surface area contributed by atoms with E-state index in [9.17, 15) is 31.2 Å². The van der Waals surface area contributed by atoms with Crippen molar-refractivity contribution in [1.29, 1.82) is 5.41 Å². The maximum Gasteiger partial charge on any atom is 0.331 e. The SMILES string of the molecule is CCN[C@H]1CN(CCCOC)S(=O)(=O)c2sc(S(=O)(=O)NC(=O)COC(=O)/C=C/C(=O)O[C@@H](CNC(C)(C)C)COC(=N)/C(=N\S)N3CCOCC3)cc21. The van der Waals surface area contributed by atoms with Crippen LogP contribution in [0.2, 0.25) is 0 Å². The van der Waals surface area contributed by atoms with Gasteiger partial charge in [-0.05, 0) is 52.6 Å². The molecule has 23 heteroatoms. The van der Waals surface area contributed by atoms with Crippen LogP contribution in [0, 0.1) is 5.41 Å². The summed E-state index contributed by atoms with van der Waals surface area (Å²) in [6.07, 6.45) is 0.982. The van der Waals surface area contributed by atoms with E-state index in [0.717, 1.165) is 6.08 Å². The molecule has 0 aliphatic carbocycles. The number of hydrogen-bond acceptors (Lipinski definition) is 18. The minimum atomic E-state index is -4.56. The first-order valence-corrected chi connectivity index (χ1v) is 21.0. The minimum absolute atomic E-state index is 0.0847. The van der Waals surface area contributed by atoms with Crippen LogP contribution in [0.25, 0.3) is 0 Å². The van der Waals surface area contributed by atoms with Gasteiger partial charge in [-0.3, -0.25) is 10.2 Å². The summed E-state index contributed by atoms with van der Waals surface area (Å²) in [6.45, 7) is 9.35. The Morgan fingerprint density at radius 1 is 1.19 bits per heavy atom. The number of amides is 1. The molecule has 0 unspecified atom stereocenters. The van der Waals surface area contributed by atoms with Crippen LogP contribution in [0.1, 0.15) is 45.7 Å². The van der Waals surface area contributed by atoms with Crippen molar-refractivity contribution in [3.63, 3.8) is 0 Å². The van der Waals surface area contributed by atoms with Crippen molar-refractivity contribution in [2.75, 3.05) is 79.4 Å². The lowest BCUT2D eigenvalue weighted by Gasteiger charge is -2.32. The zero-order chi connectivity index (χ0) is 40.1. The Labute approximate surface area is 325 Å². The van der Waals surface area contributed by atoms with E-state index in [4.69, 9.17) is 29.1 Å². The van der Waals surface area contributed by atoms with Gasteiger partial charge in [-0.2, -0.15) is 8.70 Å². The highest BCUT2D eigenvalue weighted by Gasteiger charge is 2.40. The number of thiol groups is 1. The van der Waals surface area contributed by atoms with Crippen LogP contribution < -0.4 is 15.4 Å². The molecule has 4 N–H and O–H groups in total. The van der Waals surface area contributed by atoms with E-state index in [-0.39, 0.29) is 53.3 Å². The van der Waals surface area contributed by atoms with Crippen molar-refractivity contribution in [3.8, 4) is 0 Å². The van der Waals surface area contributed by atoms with E-state index in [1.165, 1.54) is 17.5 Å². The first kappa shape index (κ1) is 45.2. The molecule has 304 valence electrons.